The third-order valence-electron chi connectivity index (χ3n) is 4.49. The number of nitrogens with two attached hydrogens (primary N) is 1. The van der Waals surface area contributed by atoms with Gasteiger partial charge in [0.2, 0.25) is 5.91 Å². The Kier molecular flexibility index (Phi) is 3.67. The number of aromatic nitrogens is 2. The number of aryl methyl sites for hydroxylation is 1. The first-order valence-electron chi connectivity index (χ1n) is 7.54. The number of hydrogen-bond donors (Lipinski definition) is 3. The van der Waals surface area contributed by atoms with E-state index in [0.717, 1.165) is 43.0 Å². The summed E-state index contributed by atoms with van der Waals surface area (Å²) in [7, 11) is 0. The van der Waals surface area contributed by atoms with Crippen LogP contribution in [0.15, 0.2) is 0 Å². The fourth-order valence-corrected chi connectivity index (χ4v) is 3.34. The van der Waals surface area contributed by atoms with Gasteiger partial charge >= 0.3 is 0 Å². The molecule has 7 heteroatoms. The van der Waals surface area contributed by atoms with Crippen molar-refractivity contribution in [1.29, 1.82) is 0 Å². The van der Waals surface area contributed by atoms with E-state index >= 15 is 0 Å². The van der Waals surface area contributed by atoms with Crippen LogP contribution in [0.25, 0.3) is 0 Å². The van der Waals surface area contributed by atoms with Crippen molar-refractivity contribution in [2.24, 2.45) is 11.8 Å². The van der Waals surface area contributed by atoms with Crippen LogP contribution in [0.5, 0.6) is 0 Å². The van der Waals surface area contributed by atoms with E-state index in [1.54, 1.807) is 0 Å². The third kappa shape index (κ3) is 2.31. The Morgan fingerprint density at radius 2 is 2.29 bits per heavy atom. The second kappa shape index (κ2) is 5.48. The van der Waals surface area contributed by atoms with Crippen molar-refractivity contribution < 1.29 is 4.79 Å². The van der Waals surface area contributed by atoms with Gasteiger partial charge in [-0.25, -0.2) is 15.8 Å². The van der Waals surface area contributed by atoms with Crippen LogP contribution >= 0.6 is 0 Å². The summed E-state index contributed by atoms with van der Waals surface area (Å²) in [5.74, 6) is 8.16. The summed E-state index contributed by atoms with van der Waals surface area (Å²) in [6.07, 6.45) is 2.71. The lowest BCUT2D eigenvalue weighted by molar-refractivity contribution is -0.122. The summed E-state index contributed by atoms with van der Waals surface area (Å²) in [6.45, 7) is 5.60. The van der Waals surface area contributed by atoms with Gasteiger partial charge in [-0.1, -0.05) is 6.92 Å². The summed E-state index contributed by atoms with van der Waals surface area (Å²) < 4.78 is 0. The van der Waals surface area contributed by atoms with Gasteiger partial charge in [-0.05, 0) is 19.8 Å². The van der Waals surface area contributed by atoms with Crippen molar-refractivity contribution in [2.45, 2.75) is 39.2 Å². The monoisotopic (exact) mass is 290 g/mol. The molecule has 0 bridgehead atoms. The number of amides is 1. The number of hydrazine groups is 1. The number of nitrogen functional groups attached to an aromatic ring is 1. The number of carbonyl (C=O) groups excluding carboxylic acids is 1. The first kappa shape index (κ1) is 14.1. The zero-order valence-electron chi connectivity index (χ0n) is 12.5. The maximum atomic E-state index is 11.9. The number of fused-ring (bicyclic) bond motifs is 1. The van der Waals surface area contributed by atoms with Gasteiger partial charge in [0.1, 0.15) is 17.5 Å². The van der Waals surface area contributed by atoms with Crippen LogP contribution in [-0.2, 0) is 11.2 Å². The molecule has 1 aromatic rings. The van der Waals surface area contributed by atoms with Gasteiger partial charge in [0.05, 0.1) is 12.0 Å². The fourth-order valence-electron chi connectivity index (χ4n) is 3.34. The minimum Gasteiger partial charge on any atom is -0.354 e. The lowest BCUT2D eigenvalue weighted by Gasteiger charge is -2.37. The normalized spacial score (nSPS) is 24.7. The van der Waals surface area contributed by atoms with Gasteiger partial charge < -0.3 is 15.6 Å². The minimum atomic E-state index is 0.0764. The molecule has 2 aliphatic rings. The lowest BCUT2D eigenvalue weighted by Crippen LogP contribution is -2.46. The number of nitrogens with zero attached hydrogens (tertiary/aromatic N) is 3. The molecule has 2 unspecified atom stereocenters. The lowest BCUT2D eigenvalue weighted by atomic mass is 9.91. The molecule has 2 fully saturated rings. The first-order chi connectivity index (χ1) is 10.2. The number of anilines is 2. The van der Waals surface area contributed by atoms with Gasteiger partial charge in [0, 0.05) is 25.1 Å². The molecule has 0 spiro atoms. The Hall–Kier alpha value is -1.89. The van der Waals surface area contributed by atoms with E-state index < -0.39 is 0 Å². The van der Waals surface area contributed by atoms with Crippen LogP contribution in [0.3, 0.4) is 0 Å². The number of piperidine rings is 1. The molecule has 0 aliphatic carbocycles. The van der Waals surface area contributed by atoms with E-state index in [9.17, 15) is 4.79 Å². The number of nitrogens with one attached hydrogen (secondary N) is 2. The molecule has 0 saturated carbocycles. The van der Waals surface area contributed by atoms with Gasteiger partial charge in [-0.2, -0.15) is 0 Å². The molecular formula is C14H22N6O. The maximum Gasteiger partial charge on any atom is 0.225 e. The first-order valence-corrected chi connectivity index (χ1v) is 7.54. The summed E-state index contributed by atoms with van der Waals surface area (Å²) in [6, 6.07) is 0.190. The smallest absolute Gasteiger partial charge is 0.225 e. The molecule has 2 saturated heterocycles. The van der Waals surface area contributed by atoms with Gasteiger partial charge in [-0.15, -0.1) is 0 Å². The molecule has 114 valence electrons. The van der Waals surface area contributed by atoms with E-state index in [1.807, 2.05) is 13.8 Å². The molecule has 2 aliphatic heterocycles. The van der Waals surface area contributed by atoms with Crippen LogP contribution in [0.4, 0.5) is 11.6 Å². The highest BCUT2D eigenvalue weighted by molar-refractivity contribution is 5.83. The summed E-state index contributed by atoms with van der Waals surface area (Å²) in [5.41, 5.74) is 3.60. The topological polar surface area (TPSA) is 96.2 Å². The van der Waals surface area contributed by atoms with Crippen LogP contribution in [0.1, 0.15) is 31.2 Å². The molecule has 7 nitrogen and oxygen atoms in total. The maximum absolute atomic E-state index is 11.9. The van der Waals surface area contributed by atoms with Crippen LogP contribution in [0.2, 0.25) is 0 Å². The largest absolute Gasteiger partial charge is 0.354 e. The molecule has 1 aromatic heterocycles. The molecule has 1 amide bonds. The minimum absolute atomic E-state index is 0.0764. The van der Waals surface area contributed by atoms with Gasteiger partial charge in [0.25, 0.3) is 0 Å². The Bertz CT molecular complexity index is 561. The van der Waals surface area contributed by atoms with Crippen molar-refractivity contribution in [1.82, 2.24) is 15.3 Å². The highest BCUT2D eigenvalue weighted by Crippen LogP contribution is 2.33. The summed E-state index contributed by atoms with van der Waals surface area (Å²) >= 11 is 0. The SMILES string of the molecule is CCc1nc(NN)c(C)c(N2CCCC3C(=O)NCC32)n1. The number of rotatable bonds is 3. The van der Waals surface area contributed by atoms with Crippen molar-refractivity contribution >= 4 is 17.5 Å². The van der Waals surface area contributed by atoms with Gasteiger partial charge in [0.15, 0.2) is 0 Å². The van der Waals surface area contributed by atoms with E-state index in [0.29, 0.717) is 12.4 Å². The predicted molar refractivity (Wildman–Crippen MR) is 80.8 cm³/mol. The molecule has 3 heterocycles. The third-order valence-corrected chi connectivity index (χ3v) is 4.49. The Labute approximate surface area is 124 Å². The second-order valence-electron chi connectivity index (χ2n) is 5.69. The molecule has 0 aromatic carbocycles. The van der Waals surface area contributed by atoms with Crippen molar-refractivity contribution in [3.05, 3.63) is 11.4 Å². The average molecular weight is 290 g/mol. The Morgan fingerprint density at radius 3 is 3.00 bits per heavy atom. The van der Waals surface area contributed by atoms with Crippen LogP contribution in [-0.4, -0.2) is 35.0 Å². The van der Waals surface area contributed by atoms with Crippen molar-refractivity contribution in [3.63, 3.8) is 0 Å². The quantitative estimate of drug-likeness (QED) is 0.549. The molecule has 0 radical (unpaired) electrons. The summed E-state index contributed by atoms with van der Waals surface area (Å²) in [5, 5.41) is 2.97. The van der Waals surface area contributed by atoms with Crippen molar-refractivity contribution in [2.75, 3.05) is 23.4 Å². The highest BCUT2D eigenvalue weighted by atomic mass is 16.2. The number of hydrogen-bond acceptors (Lipinski definition) is 6. The Balaban J connectivity index is 2.01. The van der Waals surface area contributed by atoms with E-state index in [2.05, 4.69) is 25.6 Å². The zero-order valence-corrected chi connectivity index (χ0v) is 12.5. The molecular weight excluding hydrogens is 268 g/mol. The van der Waals surface area contributed by atoms with Crippen LogP contribution < -0.4 is 21.5 Å². The predicted octanol–water partition coefficient (Wildman–Crippen LogP) is 0.348. The highest BCUT2D eigenvalue weighted by Gasteiger charge is 2.41. The van der Waals surface area contributed by atoms with Gasteiger partial charge in [-0.3, -0.25) is 4.79 Å². The fraction of sp³-hybridized carbons (Fsp3) is 0.643. The standard InChI is InChI=1S/C14H22N6O/c1-3-11-17-12(19-15)8(2)13(18-11)20-6-4-5-9-10(20)7-16-14(9)21/h9-10H,3-7,15H2,1-2H3,(H,16,21)(H,17,18,19). The van der Waals surface area contributed by atoms with E-state index in [-0.39, 0.29) is 17.9 Å². The van der Waals surface area contributed by atoms with E-state index in [4.69, 9.17) is 5.84 Å². The zero-order chi connectivity index (χ0) is 15.0. The van der Waals surface area contributed by atoms with Crippen LogP contribution in [0, 0.1) is 12.8 Å². The van der Waals surface area contributed by atoms with Crippen molar-refractivity contribution in [3.8, 4) is 0 Å². The molecule has 21 heavy (non-hydrogen) atoms. The molecule has 2 atom stereocenters. The average Bonchev–Trinajstić information content (AvgIpc) is 2.89. The summed E-state index contributed by atoms with van der Waals surface area (Å²) in [4.78, 5) is 23.3. The van der Waals surface area contributed by atoms with E-state index in [1.165, 1.54) is 0 Å². The Morgan fingerprint density at radius 1 is 1.48 bits per heavy atom. The molecule has 3 rings (SSSR count). The molecule has 4 N–H and O–H groups in total. The second-order valence-corrected chi connectivity index (χ2v) is 5.69. The number of carbonyl (C=O) groups is 1.